The maximum absolute atomic E-state index is 13.1. The molecule has 0 spiro atoms. The van der Waals surface area contributed by atoms with E-state index in [9.17, 15) is 4.39 Å². The summed E-state index contributed by atoms with van der Waals surface area (Å²) in [6.07, 6.45) is 3.05. The summed E-state index contributed by atoms with van der Waals surface area (Å²) in [6, 6.07) is 6.68. The summed E-state index contributed by atoms with van der Waals surface area (Å²) in [5, 5.41) is 0. The highest BCUT2D eigenvalue weighted by Gasteiger charge is 2.19. The van der Waals surface area contributed by atoms with Crippen LogP contribution in [0.2, 0.25) is 0 Å². The Labute approximate surface area is 148 Å². The van der Waals surface area contributed by atoms with E-state index in [2.05, 4.69) is 39.8 Å². The van der Waals surface area contributed by atoms with Crippen LogP contribution >= 0.6 is 0 Å². The molecule has 0 saturated carbocycles. The molecule has 1 aliphatic rings. The molecule has 0 N–H and O–H groups in total. The molecule has 0 bridgehead atoms. The molecule has 1 aliphatic heterocycles. The van der Waals surface area contributed by atoms with Crippen molar-refractivity contribution < 1.29 is 4.39 Å². The molecule has 5 nitrogen and oxygen atoms in total. The van der Waals surface area contributed by atoms with Crippen LogP contribution in [0.25, 0.3) is 5.57 Å². The molecule has 0 amide bonds. The molecule has 0 radical (unpaired) electrons. The minimum Gasteiger partial charge on any atom is -0.347 e. The van der Waals surface area contributed by atoms with Gasteiger partial charge in [0.05, 0.1) is 0 Å². The Balaban J connectivity index is 1.83. The lowest BCUT2D eigenvalue weighted by molar-refractivity contribution is 0.627. The topological polar surface area (TPSA) is 45.2 Å². The van der Waals surface area contributed by atoms with Gasteiger partial charge in [-0.1, -0.05) is 32.1 Å². The Bertz CT molecular complexity index is 742. The fourth-order valence-corrected chi connectivity index (χ4v) is 2.75. The molecule has 3 rings (SSSR count). The van der Waals surface area contributed by atoms with Crippen LogP contribution in [0.3, 0.4) is 0 Å². The van der Waals surface area contributed by atoms with Gasteiger partial charge in [0.2, 0.25) is 11.9 Å². The predicted octanol–water partition coefficient (Wildman–Crippen LogP) is 3.49. The number of hydrogen-bond acceptors (Lipinski definition) is 5. The number of rotatable bonds is 4. The van der Waals surface area contributed by atoms with Crippen molar-refractivity contribution in [2.75, 3.05) is 37.0 Å². The number of anilines is 2. The van der Waals surface area contributed by atoms with Crippen LogP contribution in [0.15, 0.2) is 30.3 Å². The Morgan fingerprint density at radius 1 is 1.08 bits per heavy atom. The first-order valence-corrected chi connectivity index (χ1v) is 8.57. The first-order valence-electron chi connectivity index (χ1n) is 8.57. The molecule has 6 heteroatoms. The first-order chi connectivity index (χ1) is 11.9. The van der Waals surface area contributed by atoms with Gasteiger partial charge in [0, 0.05) is 33.1 Å². The summed E-state index contributed by atoms with van der Waals surface area (Å²) in [5.41, 5.74) is 2.32. The third-order valence-corrected chi connectivity index (χ3v) is 4.25. The zero-order chi connectivity index (χ0) is 18.0. The van der Waals surface area contributed by atoms with Crippen molar-refractivity contribution >= 4 is 17.5 Å². The molecule has 1 aromatic heterocycles. The normalized spacial score (nSPS) is 14.6. The van der Waals surface area contributed by atoms with E-state index in [1.807, 2.05) is 31.1 Å². The van der Waals surface area contributed by atoms with E-state index in [4.69, 9.17) is 0 Å². The molecule has 132 valence electrons. The summed E-state index contributed by atoms with van der Waals surface area (Å²) in [6.45, 7) is 5.74. The van der Waals surface area contributed by atoms with E-state index in [0.29, 0.717) is 5.95 Å². The van der Waals surface area contributed by atoms with Crippen molar-refractivity contribution in [2.45, 2.75) is 26.2 Å². The number of nitrogens with zero attached hydrogens (tertiary/aromatic N) is 5. The molecule has 0 unspecified atom stereocenters. The third-order valence-electron chi connectivity index (χ3n) is 4.25. The van der Waals surface area contributed by atoms with Crippen LogP contribution in [0.5, 0.6) is 0 Å². The quantitative estimate of drug-likeness (QED) is 0.852. The predicted molar refractivity (Wildman–Crippen MR) is 99.5 cm³/mol. The highest BCUT2D eigenvalue weighted by molar-refractivity contribution is 5.68. The van der Waals surface area contributed by atoms with Gasteiger partial charge in [-0.05, 0) is 29.7 Å². The number of hydrogen-bond donors (Lipinski definition) is 0. The molecule has 0 fully saturated rings. The van der Waals surface area contributed by atoms with E-state index < -0.39 is 0 Å². The van der Waals surface area contributed by atoms with Crippen LogP contribution in [0, 0.1) is 5.82 Å². The smallest absolute Gasteiger partial charge is 0.230 e. The molecule has 0 saturated heterocycles. The van der Waals surface area contributed by atoms with Gasteiger partial charge in [-0.2, -0.15) is 15.0 Å². The molecule has 25 heavy (non-hydrogen) atoms. The van der Waals surface area contributed by atoms with Gasteiger partial charge in [-0.25, -0.2) is 4.39 Å². The highest BCUT2D eigenvalue weighted by Crippen LogP contribution is 2.25. The third kappa shape index (κ3) is 3.95. The number of aromatic nitrogens is 3. The van der Waals surface area contributed by atoms with Crippen LogP contribution < -0.4 is 9.80 Å². The van der Waals surface area contributed by atoms with Crippen molar-refractivity contribution in [3.05, 3.63) is 47.5 Å². The Kier molecular flexibility index (Phi) is 4.97. The van der Waals surface area contributed by atoms with E-state index in [-0.39, 0.29) is 11.7 Å². The maximum atomic E-state index is 13.1. The molecule has 0 aliphatic carbocycles. The minimum atomic E-state index is -0.204. The fraction of sp³-hybridized carbons (Fsp3) is 0.421. The van der Waals surface area contributed by atoms with Crippen molar-refractivity contribution in [2.24, 2.45) is 0 Å². The largest absolute Gasteiger partial charge is 0.347 e. The molecule has 2 heterocycles. The molecule has 2 aromatic rings. The maximum Gasteiger partial charge on any atom is 0.230 e. The average Bonchev–Trinajstić information content (AvgIpc) is 2.62. The van der Waals surface area contributed by atoms with E-state index in [1.54, 1.807) is 0 Å². The Morgan fingerprint density at radius 3 is 2.36 bits per heavy atom. The van der Waals surface area contributed by atoms with Crippen molar-refractivity contribution in [3.63, 3.8) is 0 Å². The molecule has 0 atom stereocenters. The van der Waals surface area contributed by atoms with Crippen LogP contribution in [0.4, 0.5) is 16.3 Å². The number of benzene rings is 1. The van der Waals surface area contributed by atoms with Gasteiger partial charge in [0.15, 0.2) is 0 Å². The monoisotopic (exact) mass is 341 g/mol. The van der Waals surface area contributed by atoms with Gasteiger partial charge >= 0.3 is 0 Å². The van der Waals surface area contributed by atoms with E-state index in [0.717, 1.165) is 36.8 Å². The summed E-state index contributed by atoms with van der Waals surface area (Å²) < 4.78 is 13.1. The SMILES string of the molecule is CC(C)c1nc(N(C)C)nc(N2CC=C(c3ccc(F)cc3)CC2)n1. The summed E-state index contributed by atoms with van der Waals surface area (Å²) in [5.74, 6) is 2.25. The molecular weight excluding hydrogens is 317 g/mol. The number of halogens is 1. The van der Waals surface area contributed by atoms with Crippen molar-refractivity contribution in [1.29, 1.82) is 0 Å². The minimum absolute atomic E-state index is 0.204. The standard InChI is InChI=1S/C19H24FN5/c1-13(2)17-21-18(24(3)4)23-19(22-17)25-11-9-15(10-12-25)14-5-7-16(20)8-6-14/h5-9,13H,10-12H2,1-4H3. The van der Waals surface area contributed by atoms with Gasteiger partial charge in [-0.3, -0.25) is 0 Å². The van der Waals surface area contributed by atoms with Gasteiger partial charge in [0.1, 0.15) is 11.6 Å². The second kappa shape index (κ2) is 7.17. The second-order valence-corrected chi connectivity index (χ2v) is 6.78. The zero-order valence-electron chi connectivity index (χ0n) is 15.2. The Hall–Kier alpha value is -2.50. The van der Waals surface area contributed by atoms with Crippen LogP contribution in [-0.2, 0) is 0 Å². The van der Waals surface area contributed by atoms with Crippen LogP contribution in [0.1, 0.15) is 37.6 Å². The van der Waals surface area contributed by atoms with Gasteiger partial charge in [0.25, 0.3) is 0 Å². The van der Waals surface area contributed by atoms with E-state index >= 15 is 0 Å². The lowest BCUT2D eigenvalue weighted by atomic mass is 10.00. The summed E-state index contributed by atoms with van der Waals surface area (Å²) in [4.78, 5) is 17.8. The summed E-state index contributed by atoms with van der Waals surface area (Å²) >= 11 is 0. The first kappa shape index (κ1) is 17.3. The zero-order valence-corrected chi connectivity index (χ0v) is 15.2. The lowest BCUT2D eigenvalue weighted by Crippen LogP contribution is -2.31. The van der Waals surface area contributed by atoms with Gasteiger partial charge < -0.3 is 9.80 Å². The Morgan fingerprint density at radius 2 is 1.80 bits per heavy atom. The second-order valence-electron chi connectivity index (χ2n) is 6.78. The average molecular weight is 341 g/mol. The van der Waals surface area contributed by atoms with E-state index in [1.165, 1.54) is 17.7 Å². The van der Waals surface area contributed by atoms with Crippen LogP contribution in [-0.4, -0.2) is 42.1 Å². The van der Waals surface area contributed by atoms with Crippen molar-refractivity contribution in [3.8, 4) is 0 Å². The van der Waals surface area contributed by atoms with Gasteiger partial charge in [-0.15, -0.1) is 0 Å². The molecular formula is C19H24FN5. The fourth-order valence-electron chi connectivity index (χ4n) is 2.75. The van der Waals surface area contributed by atoms with Crippen molar-refractivity contribution in [1.82, 2.24) is 15.0 Å². The summed E-state index contributed by atoms with van der Waals surface area (Å²) in [7, 11) is 3.87. The highest BCUT2D eigenvalue weighted by atomic mass is 19.1. The molecule has 1 aromatic carbocycles. The lowest BCUT2D eigenvalue weighted by Gasteiger charge is -2.27.